The Labute approximate surface area is 194 Å². The molecule has 176 valence electrons. The third-order valence-electron chi connectivity index (χ3n) is 5.09. The highest BCUT2D eigenvalue weighted by molar-refractivity contribution is 5.66. The Bertz CT molecular complexity index is 1180. The summed E-state index contributed by atoms with van der Waals surface area (Å²) in [5.74, 6) is -0.156. The number of hydrogen-bond donors (Lipinski definition) is 1. The third kappa shape index (κ3) is 6.57. The number of aryl methyl sites for hydroxylation is 1. The molecule has 9 heteroatoms. The van der Waals surface area contributed by atoms with Crippen LogP contribution in [0.3, 0.4) is 0 Å². The molecule has 0 fully saturated rings. The van der Waals surface area contributed by atoms with E-state index < -0.39 is 24.7 Å². The summed E-state index contributed by atoms with van der Waals surface area (Å²) in [5.41, 5.74) is -0.239. The molecule has 1 N–H and O–H groups in total. The van der Waals surface area contributed by atoms with E-state index in [2.05, 4.69) is 9.97 Å². The van der Waals surface area contributed by atoms with E-state index in [-0.39, 0.29) is 36.0 Å². The summed E-state index contributed by atoms with van der Waals surface area (Å²) in [4.78, 5) is 18.5. The average molecular weight is 465 g/mol. The largest absolute Gasteiger partial charge is 0.493 e. The number of ether oxygens (including phenoxy) is 1. The van der Waals surface area contributed by atoms with Crippen molar-refractivity contribution >= 4 is 5.97 Å². The SMILES string of the molecule is [2H]C([2H])([2H])c1cnc(-c2ccc(C(F)(F)F)nc2)n1Cc1ccccc1OCCC[C@@H](C)CC(=O)O. The normalized spacial score (nSPS) is 14.2. The van der Waals surface area contributed by atoms with E-state index in [1.807, 2.05) is 6.92 Å². The van der Waals surface area contributed by atoms with E-state index in [1.165, 1.54) is 16.8 Å². The van der Waals surface area contributed by atoms with Gasteiger partial charge in [0.1, 0.15) is 17.3 Å². The first-order valence-corrected chi connectivity index (χ1v) is 10.4. The Morgan fingerprint density at radius 3 is 2.67 bits per heavy atom. The van der Waals surface area contributed by atoms with Gasteiger partial charge in [0.15, 0.2) is 0 Å². The number of aliphatic carboxylic acids is 1. The van der Waals surface area contributed by atoms with Gasteiger partial charge in [0.25, 0.3) is 0 Å². The summed E-state index contributed by atoms with van der Waals surface area (Å²) < 4.78 is 69.8. The lowest BCUT2D eigenvalue weighted by Gasteiger charge is -2.15. The van der Waals surface area contributed by atoms with Crippen LogP contribution in [0.2, 0.25) is 0 Å². The summed E-state index contributed by atoms with van der Waals surface area (Å²) in [6.07, 6.45) is -1.00. The van der Waals surface area contributed by atoms with Crippen LogP contribution in [0.15, 0.2) is 48.8 Å². The maximum Gasteiger partial charge on any atom is 0.433 e. The number of carboxylic acid groups (broad SMARTS) is 1. The maximum atomic E-state index is 12.9. The summed E-state index contributed by atoms with van der Waals surface area (Å²) in [6.45, 7) is -0.266. The van der Waals surface area contributed by atoms with E-state index in [1.54, 1.807) is 24.3 Å². The standard InChI is InChI=1S/C24H26F3N3O3/c1-16(12-22(31)32)6-5-11-33-20-8-4-3-7-19(20)15-30-17(2)13-29-23(30)18-9-10-21(28-14-18)24(25,26)27/h3-4,7-10,13-14,16H,5-6,11-12,15H2,1-2H3,(H,31,32)/t16-/m1/s1/i2D3. The number of nitrogens with zero attached hydrogens (tertiary/aromatic N) is 3. The number of halogens is 3. The fourth-order valence-corrected chi connectivity index (χ4v) is 3.42. The summed E-state index contributed by atoms with van der Waals surface area (Å²) in [6, 6.07) is 9.07. The minimum Gasteiger partial charge on any atom is -0.493 e. The van der Waals surface area contributed by atoms with Crippen molar-refractivity contribution in [2.24, 2.45) is 5.92 Å². The molecule has 1 aromatic carbocycles. The lowest BCUT2D eigenvalue weighted by Crippen LogP contribution is -2.09. The molecule has 6 nitrogen and oxygen atoms in total. The average Bonchev–Trinajstić information content (AvgIpc) is 3.21. The van der Waals surface area contributed by atoms with Crippen LogP contribution in [0.4, 0.5) is 13.2 Å². The van der Waals surface area contributed by atoms with Crippen molar-refractivity contribution in [1.82, 2.24) is 14.5 Å². The second-order valence-electron chi connectivity index (χ2n) is 7.78. The molecule has 0 spiro atoms. The fourth-order valence-electron chi connectivity index (χ4n) is 3.42. The zero-order valence-electron chi connectivity index (χ0n) is 21.0. The monoisotopic (exact) mass is 464 g/mol. The lowest BCUT2D eigenvalue weighted by atomic mass is 10.0. The predicted molar refractivity (Wildman–Crippen MR) is 117 cm³/mol. The van der Waals surface area contributed by atoms with Gasteiger partial charge in [0, 0.05) is 39.7 Å². The van der Waals surface area contributed by atoms with Gasteiger partial charge in [-0.05, 0) is 43.8 Å². The first-order chi connectivity index (χ1) is 16.9. The van der Waals surface area contributed by atoms with Gasteiger partial charge >= 0.3 is 12.1 Å². The first-order valence-electron chi connectivity index (χ1n) is 11.9. The second kappa shape index (κ2) is 10.5. The van der Waals surface area contributed by atoms with Crippen molar-refractivity contribution in [2.45, 2.75) is 45.8 Å². The maximum absolute atomic E-state index is 12.9. The van der Waals surface area contributed by atoms with Crippen molar-refractivity contribution in [3.8, 4) is 17.1 Å². The number of hydrogen-bond acceptors (Lipinski definition) is 4. The van der Waals surface area contributed by atoms with Gasteiger partial charge in [-0.15, -0.1) is 0 Å². The van der Waals surface area contributed by atoms with Crippen molar-refractivity contribution in [2.75, 3.05) is 6.61 Å². The summed E-state index contributed by atoms with van der Waals surface area (Å²) in [5, 5.41) is 8.88. The minimum atomic E-state index is -4.60. The smallest absolute Gasteiger partial charge is 0.433 e. The number of carboxylic acids is 1. The number of imidazole rings is 1. The molecule has 0 amide bonds. The molecule has 2 heterocycles. The molecule has 0 aliphatic carbocycles. The van der Waals surface area contributed by atoms with Crippen LogP contribution < -0.4 is 4.74 Å². The Kier molecular flexibility index (Phi) is 6.45. The molecule has 0 radical (unpaired) electrons. The molecule has 33 heavy (non-hydrogen) atoms. The number of alkyl halides is 3. The molecule has 0 aliphatic rings. The Morgan fingerprint density at radius 1 is 1.21 bits per heavy atom. The molecule has 0 aliphatic heterocycles. The number of benzene rings is 1. The predicted octanol–water partition coefficient (Wildman–Crippen LogP) is 5.59. The Hall–Kier alpha value is -3.36. The van der Waals surface area contributed by atoms with Gasteiger partial charge in [-0.2, -0.15) is 13.2 Å². The van der Waals surface area contributed by atoms with Gasteiger partial charge in [-0.25, -0.2) is 4.98 Å². The quantitative estimate of drug-likeness (QED) is 0.396. The van der Waals surface area contributed by atoms with Gasteiger partial charge in [-0.1, -0.05) is 25.1 Å². The van der Waals surface area contributed by atoms with Crippen LogP contribution in [-0.2, 0) is 17.5 Å². The van der Waals surface area contributed by atoms with Crippen LogP contribution >= 0.6 is 0 Å². The third-order valence-corrected chi connectivity index (χ3v) is 5.09. The van der Waals surface area contributed by atoms with Gasteiger partial charge in [0.2, 0.25) is 0 Å². The van der Waals surface area contributed by atoms with Crippen LogP contribution in [0.1, 0.15) is 47.2 Å². The van der Waals surface area contributed by atoms with E-state index in [0.717, 1.165) is 12.3 Å². The molecule has 0 bridgehead atoms. The number of aromatic nitrogens is 3. The van der Waals surface area contributed by atoms with Crippen molar-refractivity contribution in [3.05, 3.63) is 65.7 Å². The highest BCUT2D eigenvalue weighted by Gasteiger charge is 2.32. The van der Waals surface area contributed by atoms with Crippen molar-refractivity contribution < 1.29 is 31.9 Å². The minimum absolute atomic E-state index is 0.00837. The van der Waals surface area contributed by atoms with Crippen LogP contribution in [0.5, 0.6) is 5.75 Å². The van der Waals surface area contributed by atoms with E-state index in [0.29, 0.717) is 30.8 Å². The molecule has 3 rings (SSSR count). The molecule has 0 saturated heterocycles. The zero-order chi connectivity index (χ0) is 26.5. The number of para-hydroxylation sites is 1. The zero-order valence-corrected chi connectivity index (χ0v) is 18.0. The van der Waals surface area contributed by atoms with Crippen LogP contribution in [0, 0.1) is 12.8 Å². The van der Waals surface area contributed by atoms with Gasteiger partial charge in [0.05, 0.1) is 13.2 Å². The highest BCUT2D eigenvalue weighted by Crippen LogP contribution is 2.30. The Balaban J connectivity index is 1.85. The van der Waals surface area contributed by atoms with Crippen LogP contribution in [0.25, 0.3) is 11.4 Å². The fraction of sp³-hybridized carbons (Fsp3) is 0.375. The number of rotatable bonds is 10. The molecule has 3 aromatic rings. The first kappa shape index (κ1) is 20.3. The van der Waals surface area contributed by atoms with Gasteiger partial charge in [-0.3, -0.25) is 9.78 Å². The molecule has 0 saturated carbocycles. The van der Waals surface area contributed by atoms with Gasteiger partial charge < -0.3 is 14.4 Å². The molecule has 2 aromatic heterocycles. The summed E-state index contributed by atoms with van der Waals surface area (Å²) in [7, 11) is 0. The number of pyridine rings is 1. The molecular formula is C24H26F3N3O3. The second-order valence-corrected chi connectivity index (χ2v) is 7.78. The van der Waals surface area contributed by atoms with E-state index in [4.69, 9.17) is 14.0 Å². The molecule has 1 atom stereocenters. The van der Waals surface area contributed by atoms with Crippen molar-refractivity contribution in [3.63, 3.8) is 0 Å². The topological polar surface area (TPSA) is 77.2 Å². The van der Waals surface area contributed by atoms with E-state index in [9.17, 15) is 18.0 Å². The van der Waals surface area contributed by atoms with Crippen LogP contribution in [-0.4, -0.2) is 32.2 Å². The Morgan fingerprint density at radius 2 is 2.00 bits per heavy atom. The molecular weight excluding hydrogens is 435 g/mol. The number of carbonyl (C=O) groups is 1. The summed E-state index contributed by atoms with van der Waals surface area (Å²) >= 11 is 0. The van der Waals surface area contributed by atoms with Crippen molar-refractivity contribution in [1.29, 1.82) is 0 Å². The van der Waals surface area contributed by atoms with E-state index >= 15 is 0 Å². The lowest BCUT2D eigenvalue weighted by molar-refractivity contribution is -0.141. The highest BCUT2D eigenvalue weighted by atomic mass is 19.4. The molecule has 0 unspecified atom stereocenters.